The lowest BCUT2D eigenvalue weighted by atomic mass is 10.4. The van der Waals surface area contributed by atoms with Gasteiger partial charge in [0.05, 0.1) is 0 Å². The maximum Gasteiger partial charge on any atom is 0.317 e. The maximum absolute atomic E-state index is 10.3. The Hall–Kier alpha value is -1.10. The van der Waals surface area contributed by atoms with Crippen LogP contribution < -0.4 is 0 Å². The number of ether oxygens (including phenoxy) is 1. The van der Waals surface area contributed by atoms with Crippen molar-refractivity contribution in [2.24, 2.45) is 0 Å². The maximum atomic E-state index is 10.3. The van der Waals surface area contributed by atoms with E-state index in [0.29, 0.717) is 0 Å². The van der Waals surface area contributed by atoms with Gasteiger partial charge in [-0.3, -0.25) is 9.59 Å². The van der Waals surface area contributed by atoms with Crippen LogP contribution in [0.1, 0.15) is 6.42 Å². The van der Waals surface area contributed by atoms with E-state index in [1.165, 1.54) is 0 Å². The van der Waals surface area contributed by atoms with Crippen LogP contribution in [0.15, 0.2) is 0 Å². The zero-order valence-electron chi connectivity index (χ0n) is 5.20. The van der Waals surface area contributed by atoms with E-state index in [1.54, 1.807) is 0 Å². The van der Waals surface area contributed by atoms with Crippen LogP contribution in [0, 0.1) is 0 Å². The summed E-state index contributed by atoms with van der Waals surface area (Å²) < 4.78 is 4.17. The van der Waals surface area contributed by atoms with Crippen LogP contribution in [-0.2, 0) is 19.4 Å². The minimum Gasteiger partial charge on any atom is -0.481 e. The van der Waals surface area contributed by atoms with E-state index in [2.05, 4.69) is 4.74 Å². The molecule has 0 rings (SSSR count). The molecular weight excluding hydrogens is 140 g/mol. The van der Waals surface area contributed by atoms with E-state index in [4.69, 9.17) is 5.11 Å². The van der Waals surface area contributed by atoms with Crippen molar-refractivity contribution in [1.82, 2.24) is 0 Å². The number of carbonyl (C=O) groups is 2. The van der Waals surface area contributed by atoms with Crippen molar-refractivity contribution in [2.45, 2.75) is 6.42 Å². The summed E-state index contributed by atoms with van der Waals surface area (Å²) in [7, 11) is 0. The van der Waals surface area contributed by atoms with Gasteiger partial charge in [-0.05, 0) is 0 Å². The Kier molecular flexibility index (Phi) is 4.23. The molecule has 0 aromatic heterocycles. The zero-order valence-corrected chi connectivity index (χ0v) is 5.20. The van der Waals surface area contributed by atoms with Crippen LogP contribution in [0.3, 0.4) is 0 Å². The molecule has 0 saturated heterocycles. The number of aliphatic carboxylic acids is 1. The molecule has 5 heteroatoms. The van der Waals surface area contributed by atoms with Gasteiger partial charge in [0.15, 0.2) is 0 Å². The molecule has 5 nitrogen and oxygen atoms in total. The predicted molar refractivity (Wildman–Crippen MR) is 28.8 cm³/mol. The fraction of sp³-hybridized carbons (Fsp3) is 0.600. The van der Waals surface area contributed by atoms with Crippen LogP contribution in [0.2, 0.25) is 0 Å². The summed E-state index contributed by atoms with van der Waals surface area (Å²) in [5.41, 5.74) is 0. The van der Waals surface area contributed by atoms with Crippen molar-refractivity contribution >= 4 is 11.9 Å². The van der Waals surface area contributed by atoms with Crippen molar-refractivity contribution in [3.63, 3.8) is 0 Å². The van der Waals surface area contributed by atoms with Gasteiger partial charge in [-0.2, -0.15) is 0 Å². The van der Waals surface area contributed by atoms with Crippen molar-refractivity contribution in [1.29, 1.82) is 0 Å². The summed E-state index contributed by atoms with van der Waals surface area (Å²) in [6, 6.07) is 0. The highest BCUT2D eigenvalue weighted by atomic mass is 16.5. The van der Waals surface area contributed by atoms with Crippen molar-refractivity contribution < 1.29 is 24.5 Å². The molecule has 0 aromatic rings. The molecule has 0 heterocycles. The third-order valence-electron chi connectivity index (χ3n) is 0.642. The lowest BCUT2D eigenvalue weighted by Crippen LogP contribution is -2.12. The van der Waals surface area contributed by atoms with Crippen LogP contribution in [-0.4, -0.2) is 30.3 Å². The van der Waals surface area contributed by atoms with Gasteiger partial charge in [0.2, 0.25) is 0 Å². The summed E-state index contributed by atoms with van der Waals surface area (Å²) in [5, 5.41) is 17.7. The van der Waals surface area contributed by atoms with E-state index < -0.39 is 25.0 Å². The lowest BCUT2D eigenvalue weighted by molar-refractivity contribution is -0.152. The SMILES string of the molecule is [O]CCOC(=O)CC(=O)O. The van der Waals surface area contributed by atoms with Crippen molar-refractivity contribution in [2.75, 3.05) is 13.2 Å². The summed E-state index contributed by atoms with van der Waals surface area (Å²) in [4.78, 5) is 20.1. The van der Waals surface area contributed by atoms with Gasteiger partial charge < -0.3 is 9.84 Å². The monoisotopic (exact) mass is 147 g/mol. The fourth-order valence-electron chi connectivity index (χ4n) is 0.330. The van der Waals surface area contributed by atoms with Crippen LogP contribution in [0.25, 0.3) is 0 Å². The average molecular weight is 147 g/mol. The molecule has 0 aromatic carbocycles. The minimum absolute atomic E-state index is 0.258. The van der Waals surface area contributed by atoms with Crippen molar-refractivity contribution in [3.8, 4) is 0 Å². The van der Waals surface area contributed by atoms with Crippen LogP contribution >= 0.6 is 0 Å². The molecular formula is C5H7O5. The second-order valence-electron chi connectivity index (χ2n) is 1.50. The van der Waals surface area contributed by atoms with Crippen LogP contribution in [0.5, 0.6) is 0 Å². The number of rotatable bonds is 4. The fourth-order valence-corrected chi connectivity index (χ4v) is 0.330. The van der Waals surface area contributed by atoms with Crippen molar-refractivity contribution in [3.05, 3.63) is 0 Å². The van der Waals surface area contributed by atoms with E-state index in [9.17, 15) is 14.7 Å². The second-order valence-corrected chi connectivity index (χ2v) is 1.50. The smallest absolute Gasteiger partial charge is 0.317 e. The predicted octanol–water partition coefficient (Wildman–Crippen LogP) is -0.565. The first-order chi connectivity index (χ1) is 4.66. The van der Waals surface area contributed by atoms with Gasteiger partial charge >= 0.3 is 11.9 Å². The first kappa shape index (κ1) is 8.90. The van der Waals surface area contributed by atoms with E-state index in [1.807, 2.05) is 0 Å². The number of carbonyl (C=O) groups excluding carboxylic acids is 1. The second kappa shape index (κ2) is 4.75. The Morgan fingerprint density at radius 1 is 1.40 bits per heavy atom. The quantitative estimate of drug-likeness (QED) is 0.426. The Labute approximate surface area is 57.2 Å². The Balaban J connectivity index is 3.35. The lowest BCUT2D eigenvalue weighted by Gasteiger charge is -1.97. The summed E-state index contributed by atoms with van der Waals surface area (Å²) >= 11 is 0. The molecule has 0 fully saturated rings. The molecule has 0 saturated carbocycles. The van der Waals surface area contributed by atoms with Gasteiger partial charge in [0.1, 0.15) is 19.6 Å². The molecule has 0 atom stereocenters. The topological polar surface area (TPSA) is 83.5 Å². The molecule has 0 bridgehead atoms. The van der Waals surface area contributed by atoms with Gasteiger partial charge in [-0.25, -0.2) is 5.11 Å². The number of carboxylic acids is 1. The van der Waals surface area contributed by atoms with E-state index >= 15 is 0 Å². The summed E-state index contributed by atoms with van der Waals surface area (Å²) in [5.74, 6) is -2.13. The molecule has 10 heavy (non-hydrogen) atoms. The van der Waals surface area contributed by atoms with E-state index in [-0.39, 0.29) is 6.61 Å². The van der Waals surface area contributed by atoms with Gasteiger partial charge in [0.25, 0.3) is 0 Å². The first-order valence-corrected chi connectivity index (χ1v) is 2.62. The molecule has 0 aliphatic heterocycles. The minimum atomic E-state index is -1.25. The molecule has 0 aliphatic carbocycles. The zero-order chi connectivity index (χ0) is 7.98. The summed E-state index contributed by atoms with van der Waals surface area (Å²) in [6.45, 7) is -0.794. The van der Waals surface area contributed by atoms with E-state index in [0.717, 1.165) is 0 Å². The van der Waals surface area contributed by atoms with Gasteiger partial charge in [-0.1, -0.05) is 0 Å². The number of carboxylic acid groups (broad SMARTS) is 1. The Morgan fingerprint density at radius 2 is 2.00 bits per heavy atom. The van der Waals surface area contributed by atoms with Gasteiger partial charge in [0, 0.05) is 0 Å². The molecule has 0 spiro atoms. The number of hydrogen-bond acceptors (Lipinski definition) is 3. The normalized spacial score (nSPS) is 8.90. The Morgan fingerprint density at radius 3 is 2.40 bits per heavy atom. The average Bonchev–Trinajstić information content (AvgIpc) is 1.82. The molecule has 1 N–H and O–H groups in total. The highest BCUT2D eigenvalue weighted by molar-refractivity contribution is 5.90. The molecule has 57 valence electrons. The Bertz CT molecular complexity index is 130. The third-order valence-corrected chi connectivity index (χ3v) is 0.642. The molecule has 0 aliphatic rings. The number of hydrogen-bond donors (Lipinski definition) is 1. The third kappa shape index (κ3) is 5.04. The highest BCUT2D eigenvalue weighted by Gasteiger charge is 2.07. The standard InChI is InChI=1S/C5H7O5/c6-1-2-10-5(9)3-4(7)8/h1-3H2,(H,7,8). The molecule has 0 unspecified atom stereocenters. The largest absolute Gasteiger partial charge is 0.481 e. The van der Waals surface area contributed by atoms with Crippen LogP contribution in [0.4, 0.5) is 0 Å². The highest BCUT2D eigenvalue weighted by Crippen LogP contribution is 1.84. The van der Waals surface area contributed by atoms with Gasteiger partial charge in [-0.15, -0.1) is 0 Å². The summed E-state index contributed by atoms with van der Waals surface area (Å²) in [6.07, 6.45) is -0.681. The molecule has 0 amide bonds. The number of esters is 1. The first-order valence-electron chi connectivity index (χ1n) is 2.62. The molecule has 1 radical (unpaired) electrons.